The van der Waals surface area contributed by atoms with Crippen LogP contribution in [0.25, 0.3) is 0 Å². The second-order valence-electron chi connectivity index (χ2n) is 4.96. The molecule has 0 heterocycles. The minimum atomic E-state index is 0.742. The Labute approximate surface area is 131 Å². The normalized spacial score (nSPS) is 16.8. The van der Waals surface area contributed by atoms with E-state index >= 15 is 0 Å². The largest absolute Gasteiger partial charge is 0.383 e. The summed E-state index contributed by atoms with van der Waals surface area (Å²) in [5, 5.41) is 4.25. The lowest BCUT2D eigenvalue weighted by molar-refractivity contribution is 0.345. The Kier molecular flexibility index (Phi) is 5.84. The van der Waals surface area contributed by atoms with Crippen molar-refractivity contribution in [2.75, 3.05) is 11.9 Å². The van der Waals surface area contributed by atoms with Crippen LogP contribution in [0.4, 0.5) is 5.69 Å². The molecule has 0 radical (unpaired) electrons. The second kappa shape index (κ2) is 7.16. The van der Waals surface area contributed by atoms with Gasteiger partial charge in [0.25, 0.3) is 0 Å². The lowest BCUT2D eigenvalue weighted by Gasteiger charge is -2.22. The third-order valence-electron chi connectivity index (χ3n) is 3.59. The summed E-state index contributed by atoms with van der Waals surface area (Å²) in [7, 11) is 0. The fourth-order valence-corrected chi connectivity index (χ4v) is 4.54. The van der Waals surface area contributed by atoms with E-state index in [0.717, 1.165) is 32.1 Å². The molecule has 0 aliphatic heterocycles. The van der Waals surface area contributed by atoms with Crippen LogP contribution in [-0.4, -0.2) is 6.54 Å². The lowest BCUT2D eigenvalue weighted by atomic mass is 9.87. The lowest BCUT2D eigenvalue weighted by Crippen LogP contribution is -2.12. The zero-order valence-corrected chi connectivity index (χ0v) is 14.2. The quantitative estimate of drug-likeness (QED) is 0.635. The van der Waals surface area contributed by atoms with Crippen molar-refractivity contribution in [1.29, 1.82) is 0 Å². The maximum Gasteiger partial charge on any atom is 0.0630 e. The van der Waals surface area contributed by atoms with Crippen molar-refractivity contribution in [2.45, 2.75) is 38.5 Å². The molecule has 1 nitrogen and oxygen atoms in total. The Morgan fingerprint density at radius 1 is 1.11 bits per heavy atom. The summed E-state index contributed by atoms with van der Waals surface area (Å²) in [4.78, 5) is 0. The van der Waals surface area contributed by atoms with Crippen LogP contribution in [0.3, 0.4) is 0 Å². The van der Waals surface area contributed by atoms with E-state index < -0.39 is 0 Å². The average Bonchev–Trinajstić information content (AvgIpc) is 2.34. The molecular formula is C14H18Br2ClN. The van der Waals surface area contributed by atoms with Gasteiger partial charge in [0.05, 0.1) is 5.69 Å². The summed E-state index contributed by atoms with van der Waals surface area (Å²) in [5.41, 5.74) is 1.11. The summed E-state index contributed by atoms with van der Waals surface area (Å²) in [5.74, 6) is 0.913. The van der Waals surface area contributed by atoms with Crippen LogP contribution in [0, 0.1) is 5.92 Å². The number of nitrogens with one attached hydrogen (secondary N) is 1. The zero-order chi connectivity index (χ0) is 13.0. The van der Waals surface area contributed by atoms with E-state index in [1.54, 1.807) is 0 Å². The highest BCUT2D eigenvalue weighted by Crippen LogP contribution is 2.34. The molecule has 1 aliphatic rings. The van der Waals surface area contributed by atoms with E-state index in [4.69, 9.17) is 11.6 Å². The first-order valence-corrected chi connectivity index (χ1v) is 8.51. The Bertz CT molecular complexity index is 380. The maximum atomic E-state index is 5.99. The minimum Gasteiger partial charge on any atom is -0.383 e. The smallest absolute Gasteiger partial charge is 0.0630 e. The monoisotopic (exact) mass is 393 g/mol. The Balaban J connectivity index is 1.86. The third-order valence-corrected chi connectivity index (χ3v) is 5.06. The summed E-state index contributed by atoms with van der Waals surface area (Å²) in [6.07, 6.45) is 8.34. The molecule has 1 aliphatic carbocycles. The first-order valence-electron chi connectivity index (χ1n) is 6.55. The highest BCUT2D eigenvalue weighted by molar-refractivity contribution is 9.11. The predicted molar refractivity (Wildman–Crippen MR) is 86.5 cm³/mol. The van der Waals surface area contributed by atoms with Gasteiger partial charge in [0.15, 0.2) is 0 Å². The number of rotatable bonds is 4. The van der Waals surface area contributed by atoms with Gasteiger partial charge in [-0.1, -0.05) is 43.7 Å². The van der Waals surface area contributed by atoms with Crippen molar-refractivity contribution in [3.05, 3.63) is 26.1 Å². The summed E-state index contributed by atoms with van der Waals surface area (Å²) in [6, 6.07) is 3.85. The number of anilines is 1. The van der Waals surface area contributed by atoms with Gasteiger partial charge in [-0.2, -0.15) is 0 Å². The molecule has 0 saturated heterocycles. The first-order chi connectivity index (χ1) is 8.66. The number of hydrogen-bond donors (Lipinski definition) is 1. The van der Waals surface area contributed by atoms with Crippen molar-refractivity contribution in [2.24, 2.45) is 5.92 Å². The molecule has 1 N–H and O–H groups in total. The molecular weight excluding hydrogens is 377 g/mol. The van der Waals surface area contributed by atoms with Gasteiger partial charge in [0, 0.05) is 20.5 Å². The van der Waals surface area contributed by atoms with Crippen LogP contribution in [-0.2, 0) is 0 Å². The maximum absolute atomic E-state index is 5.99. The van der Waals surface area contributed by atoms with E-state index in [1.807, 2.05) is 12.1 Å². The van der Waals surface area contributed by atoms with Gasteiger partial charge >= 0.3 is 0 Å². The van der Waals surface area contributed by atoms with Crippen molar-refractivity contribution < 1.29 is 0 Å². The Hall–Kier alpha value is 0.270. The first kappa shape index (κ1) is 14.7. The fraction of sp³-hybridized carbons (Fsp3) is 0.571. The van der Waals surface area contributed by atoms with Crippen molar-refractivity contribution in [3.63, 3.8) is 0 Å². The van der Waals surface area contributed by atoms with E-state index in [2.05, 4.69) is 37.2 Å². The van der Waals surface area contributed by atoms with Gasteiger partial charge in [-0.25, -0.2) is 0 Å². The Morgan fingerprint density at radius 3 is 2.33 bits per heavy atom. The zero-order valence-electron chi connectivity index (χ0n) is 10.3. The highest BCUT2D eigenvalue weighted by Gasteiger charge is 2.13. The number of hydrogen-bond acceptors (Lipinski definition) is 1. The third kappa shape index (κ3) is 4.14. The van der Waals surface area contributed by atoms with Gasteiger partial charge in [-0.3, -0.25) is 0 Å². The predicted octanol–water partition coefficient (Wildman–Crippen LogP) is 6.25. The summed E-state index contributed by atoms with van der Waals surface area (Å²) < 4.78 is 2.04. The van der Waals surface area contributed by atoms with Crippen molar-refractivity contribution >= 4 is 49.1 Å². The van der Waals surface area contributed by atoms with Crippen LogP contribution >= 0.6 is 43.5 Å². The van der Waals surface area contributed by atoms with Crippen molar-refractivity contribution in [3.8, 4) is 0 Å². The van der Waals surface area contributed by atoms with Crippen LogP contribution in [0.5, 0.6) is 0 Å². The molecule has 2 rings (SSSR count). The second-order valence-corrected chi connectivity index (χ2v) is 7.11. The molecule has 1 aromatic carbocycles. The molecule has 1 fully saturated rings. The molecule has 4 heteroatoms. The topological polar surface area (TPSA) is 12.0 Å². The fourth-order valence-electron chi connectivity index (χ4n) is 2.59. The van der Waals surface area contributed by atoms with E-state index in [1.165, 1.54) is 38.5 Å². The molecule has 1 aromatic rings. The van der Waals surface area contributed by atoms with E-state index in [0.29, 0.717) is 0 Å². The molecule has 0 spiro atoms. The molecule has 1 saturated carbocycles. The number of halogens is 3. The van der Waals surface area contributed by atoms with Gasteiger partial charge in [0.1, 0.15) is 0 Å². The average molecular weight is 396 g/mol. The Morgan fingerprint density at radius 2 is 1.72 bits per heavy atom. The van der Waals surface area contributed by atoms with Gasteiger partial charge in [-0.15, -0.1) is 0 Å². The van der Waals surface area contributed by atoms with Gasteiger partial charge < -0.3 is 5.32 Å². The SMILES string of the molecule is Clc1cc(Br)c(NCCC2CCCCC2)c(Br)c1. The molecule has 0 amide bonds. The highest BCUT2D eigenvalue weighted by atomic mass is 79.9. The van der Waals surface area contributed by atoms with Gasteiger partial charge in [-0.05, 0) is 56.3 Å². The van der Waals surface area contributed by atoms with Crippen LogP contribution in [0.15, 0.2) is 21.1 Å². The number of benzene rings is 1. The van der Waals surface area contributed by atoms with Crippen LogP contribution in [0.2, 0.25) is 5.02 Å². The molecule has 0 atom stereocenters. The van der Waals surface area contributed by atoms with Crippen LogP contribution < -0.4 is 5.32 Å². The summed E-state index contributed by atoms with van der Waals surface area (Å²) in [6.45, 7) is 1.03. The van der Waals surface area contributed by atoms with Crippen LogP contribution in [0.1, 0.15) is 38.5 Å². The standard InChI is InChI=1S/C14H18Br2ClN/c15-12-8-11(17)9-13(16)14(12)18-7-6-10-4-2-1-3-5-10/h8-10,18H,1-7H2. The van der Waals surface area contributed by atoms with E-state index in [-0.39, 0.29) is 0 Å². The molecule has 0 aromatic heterocycles. The minimum absolute atomic E-state index is 0.742. The molecule has 0 unspecified atom stereocenters. The van der Waals surface area contributed by atoms with E-state index in [9.17, 15) is 0 Å². The summed E-state index contributed by atoms with van der Waals surface area (Å²) >= 11 is 13.1. The van der Waals surface area contributed by atoms with Crippen molar-refractivity contribution in [1.82, 2.24) is 0 Å². The molecule has 100 valence electrons. The molecule has 18 heavy (non-hydrogen) atoms. The molecule has 0 bridgehead atoms. The van der Waals surface area contributed by atoms with Gasteiger partial charge in [0.2, 0.25) is 0 Å².